The number of Topliss-reactive ketones (excluding diaryl/α,β-unsaturated/α-hetero) is 1. The summed E-state index contributed by atoms with van der Waals surface area (Å²) in [5.74, 6) is -0.871. The van der Waals surface area contributed by atoms with Crippen molar-refractivity contribution in [2.24, 2.45) is 10.9 Å². The zero-order chi connectivity index (χ0) is 23.8. The third kappa shape index (κ3) is 3.59. The quantitative estimate of drug-likeness (QED) is 0.441. The number of allylic oxidation sites excluding steroid dienone is 2. The van der Waals surface area contributed by atoms with E-state index in [0.29, 0.717) is 22.9 Å². The Hall–Kier alpha value is -4.13. The van der Waals surface area contributed by atoms with Gasteiger partial charge < -0.3 is 19.2 Å². The highest BCUT2D eigenvalue weighted by atomic mass is 16.5. The lowest BCUT2D eigenvalue weighted by Gasteiger charge is -2.27. The van der Waals surface area contributed by atoms with Crippen molar-refractivity contribution < 1.29 is 23.8 Å². The van der Waals surface area contributed by atoms with Crippen LogP contribution in [0.15, 0.2) is 76.7 Å². The molecule has 7 heteroatoms. The average molecular weight is 456 g/mol. The van der Waals surface area contributed by atoms with Gasteiger partial charge in [-0.2, -0.15) is 0 Å². The van der Waals surface area contributed by atoms with Gasteiger partial charge in [0.05, 0.1) is 25.0 Å². The van der Waals surface area contributed by atoms with E-state index < -0.39 is 17.8 Å². The number of aliphatic imine (C=N–C) groups is 1. The second-order valence-corrected chi connectivity index (χ2v) is 8.16. The number of hydrogen-bond donors (Lipinski definition) is 1. The van der Waals surface area contributed by atoms with E-state index in [1.54, 1.807) is 27.0 Å². The first-order valence-corrected chi connectivity index (χ1v) is 11.1. The van der Waals surface area contributed by atoms with E-state index in [2.05, 4.69) is 9.98 Å². The maximum absolute atomic E-state index is 13.7. The molecule has 0 radical (unpaired) electrons. The first-order valence-electron chi connectivity index (χ1n) is 11.1. The van der Waals surface area contributed by atoms with Gasteiger partial charge in [-0.05, 0) is 43.7 Å². The molecule has 172 valence electrons. The molecule has 1 N–H and O–H groups in total. The molecule has 2 atom stereocenters. The average Bonchev–Trinajstić information content (AvgIpc) is 3.39. The van der Waals surface area contributed by atoms with Gasteiger partial charge in [-0.3, -0.25) is 4.79 Å². The lowest BCUT2D eigenvalue weighted by molar-refractivity contribution is -0.139. The molecule has 2 unspecified atom stereocenters. The van der Waals surface area contributed by atoms with E-state index in [-0.39, 0.29) is 18.1 Å². The van der Waals surface area contributed by atoms with Crippen molar-refractivity contribution in [3.63, 3.8) is 0 Å². The SMILES string of the molecule is CCOC(=O)C1=C(C)N=C2O/C(=C\c3c[nH]c4ccccc34)C(=O)C2C1c1ccc(OC)cc1. The minimum absolute atomic E-state index is 0.199. The molecule has 0 saturated carbocycles. The number of carbonyl (C=O) groups excluding carboxylic acids is 2. The zero-order valence-corrected chi connectivity index (χ0v) is 19.1. The van der Waals surface area contributed by atoms with Gasteiger partial charge in [-0.15, -0.1) is 0 Å². The number of aromatic nitrogens is 1. The number of hydrogen-bond acceptors (Lipinski definition) is 6. The van der Waals surface area contributed by atoms with Crippen molar-refractivity contribution >= 4 is 34.6 Å². The lowest BCUT2D eigenvalue weighted by Crippen LogP contribution is -2.32. The van der Waals surface area contributed by atoms with Crippen molar-refractivity contribution in [3.05, 3.63) is 82.9 Å². The molecule has 7 nitrogen and oxygen atoms in total. The number of fused-ring (bicyclic) bond motifs is 2. The van der Waals surface area contributed by atoms with E-state index in [1.807, 2.05) is 54.7 Å². The van der Waals surface area contributed by atoms with Gasteiger partial charge in [0.15, 0.2) is 5.76 Å². The molecule has 5 rings (SSSR count). The number of aromatic amines is 1. The first-order chi connectivity index (χ1) is 16.5. The third-order valence-electron chi connectivity index (χ3n) is 6.20. The molecule has 34 heavy (non-hydrogen) atoms. The van der Waals surface area contributed by atoms with E-state index in [9.17, 15) is 9.59 Å². The first kappa shape index (κ1) is 21.7. The molecule has 3 aromatic rings. The van der Waals surface area contributed by atoms with Gasteiger partial charge in [0, 0.05) is 28.6 Å². The van der Waals surface area contributed by atoms with Gasteiger partial charge >= 0.3 is 5.97 Å². The maximum atomic E-state index is 13.7. The summed E-state index contributed by atoms with van der Waals surface area (Å²) < 4.78 is 16.6. The molecule has 0 spiro atoms. The predicted molar refractivity (Wildman–Crippen MR) is 128 cm³/mol. The molecule has 2 aliphatic rings. The van der Waals surface area contributed by atoms with Gasteiger partial charge in [0.2, 0.25) is 11.7 Å². The van der Waals surface area contributed by atoms with Crippen LogP contribution in [-0.4, -0.2) is 36.4 Å². The largest absolute Gasteiger partial charge is 0.497 e. The summed E-state index contributed by atoms with van der Waals surface area (Å²) in [5, 5.41) is 0.983. The van der Waals surface area contributed by atoms with Crippen LogP contribution in [0.25, 0.3) is 17.0 Å². The van der Waals surface area contributed by atoms with E-state index in [1.165, 1.54) is 0 Å². The Morgan fingerprint density at radius 2 is 1.91 bits per heavy atom. The molecule has 3 heterocycles. The van der Waals surface area contributed by atoms with Gasteiger partial charge in [-0.1, -0.05) is 30.3 Å². The number of H-pyrrole nitrogens is 1. The van der Waals surface area contributed by atoms with Crippen LogP contribution in [0, 0.1) is 5.92 Å². The Labute approximate surface area is 196 Å². The summed E-state index contributed by atoms with van der Waals surface area (Å²) >= 11 is 0. The van der Waals surface area contributed by atoms with Crippen LogP contribution in [0.5, 0.6) is 5.75 Å². The fraction of sp³-hybridized carbons (Fsp3) is 0.222. The van der Waals surface area contributed by atoms with E-state index in [0.717, 1.165) is 22.0 Å². The molecule has 2 aliphatic heterocycles. The number of ketones is 1. The minimum atomic E-state index is -0.757. The summed E-state index contributed by atoms with van der Waals surface area (Å²) in [5.41, 5.74) is 3.44. The van der Waals surface area contributed by atoms with Crippen molar-refractivity contribution in [2.75, 3.05) is 13.7 Å². The molecular weight excluding hydrogens is 432 g/mol. The topological polar surface area (TPSA) is 90.0 Å². The normalized spacial score (nSPS) is 20.9. The molecule has 1 saturated heterocycles. The van der Waals surface area contributed by atoms with Crippen LogP contribution in [0.2, 0.25) is 0 Å². The smallest absolute Gasteiger partial charge is 0.336 e. The van der Waals surface area contributed by atoms with Gasteiger partial charge in [-0.25, -0.2) is 9.79 Å². The fourth-order valence-electron chi connectivity index (χ4n) is 4.60. The summed E-state index contributed by atoms with van der Waals surface area (Å²) in [6.45, 7) is 3.71. The Morgan fingerprint density at radius 1 is 1.15 bits per heavy atom. The number of esters is 1. The van der Waals surface area contributed by atoms with Crippen molar-refractivity contribution in [3.8, 4) is 5.75 Å². The van der Waals surface area contributed by atoms with Gasteiger partial charge in [0.25, 0.3) is 0 Å². The molecule has 0 aliphatic carbocycles. The third-order valence-corrected chi connectivity index (χ3v) is 6.20. The number of rotatable bonds is 5. The predicted octanol–water partition coefficient (Wildman–Crippen LogP) is 4.77. The fourth-order valence-corrected chi connectivity index (χ4v) is 4.60. The van der Waals surface area contributed by atoms with Crippen LogP contribution in [-0.2, 0) is 19.1 Å². The monoisotopic (exact) mass is 456 g/mol. The zero-order valence-electron chi connectivity index (χ0n) is 19.1. The maximum Gasteiger partial charge on any atom is 0.336 e. The molecular formula is C27H24N2O5. The highest BCUT2D eigenvalue weighted by Crippen LogP contribution is 2.45. The summed E-state index contributed by atoms with van der Waals surface area (Å²) in [6, 6.07) is 15.2. The summed E-state index contributed by atoms with van der Waals surface area (Å²) in [4.78, 5) is 34.3. The Bertz CT molecular complexity index is 1380. The summed E-state index contributed by atoms with van der Waals surface area (Å²) in [6.07, 6.45) is 3.57. The van der Waals surface area contributed by atoms with Crippen molar-refractivity contribution in [2.45, 2.75) is 19.8 Å². The number of benzene rings is 2. The van der Waals surface area contributed by atoms with E-state index in [4.69, 9.17) is 14.2 Å². The van der Waals surface area contributed by atoms with Crippen LogP contribution in [0.3, 0.4) is 0 Å². The van der Waals surface area contributed by atoms with Crippen LogP contribution in [0.4, 0.5) is 0 Å². The van der Waals surface area contributed by atoms with Crippen molar-refractivity contribution in [1.82, 2.24) is 4.98 Å². The minimum Gasteiger partial charge on any atom is -0.497 e. The molecule has 2 aromatic carbocycles. The van der Waals surface area contributed by atoms with Crippen LogP contribution < -0.4 is 4.74 Å². The molecule has 0 amide bonds. The summed E-state index contributed by atoms with van der Waals surface area (Å²) in [7, 11) is 1.59. The molecule has 0 bridgehead atoms. The lowest BCUT2D eigenvalue weighted by atomic mass is 9.76. The number of para-hydroxylation sites is 1. The molecule has 1 fully saturated rings. The highest BCUT2D eigenvalue weighted by Gasteiger charge is 2.49. The van der Waals surface area contributed by atoms with Gasteiger partial charge in [0.1, 0.15) is 11.7 Å². The number of ether oxygens (including phenoxy) is 3. The standard InChI is InChI=1S/C27H24N2O5/c1-4-33-27(31)22-15(2)29-26-24(23(22)16-9-11-18(32-3)12-10-16)25(30)21(34-26)13-17-14-28-20-8-6-5-7-19(17)20/h5-14,23-24,28H,4H2,1-3H3/b21-13-. The number of nitrogens with one attached hydrogen (secondary N) is 1. The molecule has 1 aromatic heterocycles. The van der Waals surface area contributed by atoms with Crippen LogP contribution >= 0.6 is 0 Å². The second-order valence-electron chi connectivity index (χ2n) is 8.16. The Morgan fingerprint density at radius 3 is 2.65 bits per heavy atom. The number of methoxy groups -OCH3 is 1. The van der Waals surface area contributed by atoms with Crippen LogP contribution in [0.1, 0.15) is 30.9 Å². The number of nitrogens with zero attached hydrogens (tertiary/aromatic N) is 1. The second kappa shape index (κ2) is 8.67. The van der Waals surface area contributed by atoms with E-state index >= 15 is 0 Å². The Balaban J connectivity index is 1.59. The van der Waals surface area contributed by atoms with Crippen molar-refractivity contribution in [1.29, 1.82) is 0 Å². The Kier molecular flexibility index (Phi) is 5.53. The number of carbonyl (C=O) groups is 2. The highest BCUT2D eigenvalue weighted by molar-refractivity contribution is 6.19.